The minimum absolute atomic E-state index is 0.00307. The molecule has 16 heavy (non-hydrogen) atoms. The average Bonchev–Trinajstić information content (AvgIpc) is 2.32. The molecule has 1 atom stereocenters. The number of rotatable bonds is 11. The highest BCUT2D eigenvalue weighted by molar-refractivity contribution is 4.70. The summed E-state index contributed by atoms with van der Waals surface area (Å²) < 4.78 is 15.5. The lowest BCUT2D eigenvalue weighted by molar-refractivity contribution is 0.0115. The third kappa shape index (κ3) is 8.05. The van der Waals surface area contributed by atoms with E-state index in [0.717, 1.165) is 12.8 Å². The maximum absolute atomic E-state index is 9.19. The fourth-order valence-electron chi connectivity index (χ4n) is 1.15. The van der Waals surface area contributed by atoms with Crippen molar-refractivity contribution in [2.45, 2.75) is 26.7 Å². The molecule has 0 spiro atoms. The molecular formula is C12H26O4. The molecule has 1 unspecified atom stereocenters. The first kappa shape index (κ1) is 15.8. The monoisotopic (exact) mass is 234 g/mol. The molecule has 0 aromatic rings. The van der Waals surface area contributed by atoms with E-state index in [2.05, 4.69) is 13.8 Å². The molecule has 0 heterocycles. The highest BCUT2D eigenvalue weighted by atomic mass is 16.5. The van der Waals surface area contributed by atoms with Crippen molar-refractivity contribution in [3.63, 3.8) is 0 Å². The molecule has 1 N–H and O–H groups in total. The van der Waals surface area contributed by atoms with Crippen molar-refractivity contribution in [3.05, 3.63) is 0 Å². The third-order valence-electron chi connectivity index (χ3n) is 2.89. The van der Waals surface area contributed by atoms with Crippen LogP contribution in [0.1, 0.15) is 26.7 Å². The molecule has 0 aliphatic heterocycles. The highest BCUT2D eigenvalue weighted by Crippen LogP contribution is 2.24. The minimum Gasteiger partial charge on any atom is -0.396 e. The van der Waals surface area contributed by atoms with E-state index in [1.54, 1.807) is 7.11 Å². The van der Waals surface area contributed by atoms with Gasteiger partial charge in [-0.25, -0.2) is 0 Å². The Hall–Kier alpha value is -0.160. The van der Waals surface area contributed by atoms with Crippen LogP contribution in [0.5, 0.6) is 0 Å². The van der Waals surface area contributed by atoms with Gasteiger partial charge in [0.25, 0.3) is 0 Å². The summed E-state index contributed by atoms with van der Waals surface area (Å²) in [6.45, 7) is 7.51. The summed E-state index contributed by atoms with van der Waals surface area (Å²) in [5.74, 6) is 0. The van der Waals surface area contributed by atoms with Gasteiger partial charge in [-0.15, -0.1) is 0 Å². The van der Waals surface area contributed by atoms with E-state index >= 15 is 0 Å². The summed E-state index contributed by atoms with van der Waals surface area (Å²) in [5.41, 5.74) is -0.00307. The Balaban J connectivity index is 3.26. The molecule has 0 saturated heterocycles. The Morgan fingerprint density at radius 1 is 1.00 bits per heavy atom. The lowest BCUT2D eigenvalue weighted by Gasteiger charge is -2.25. The fourth-order valence-corrected chi connectivity index (χ4v) is 1.15. The number of aliphatic hydroxyl groups excluding tert-OH is 1. The first-order valence-corrected chi connectivity index (χ1v) is 5.94. The average molecular weight is 234 g/mol. The van der Waals surface area contributed by atoms with Crippen LogP contribution in [0.4, 0.5) is 0 Å². The van der Waals surface area contributed by atoms with E-state index in [-0.39, 0.29) is 12.0 Å². The fraction of sp³-hybridized carbons (Fsp3) is 1.00. The number of methoxy groups -OCH3 is 1. The van der Waals surface area contributed by atoms with E-state index in [9.17, 15) is 5.11 Å². The van der Waals surface area contributed by atoms with Crippen molar-refractivity contribution < 1.29 is 19.3 Å². The van der Waals surface area contributed by atoms with Gasteiger partial charge in [0.15, 0.2) is 0 Å². The van der Waals surface area contributed by atoms with Gasteiger partial charge < -0.3 is 19.3 Å². The largest absolute Gasteiger partial charge is 0.396 e. The molecular weight excluding hydrogens is 208 g/mol. The Morgan fingerprint density at radius 2 is 1.56 bits per heavy atom. The van der Waals surface area contributed by atoms with Gasteiger partial charge in [0.05, 0.1) is 26.4 Å². The zero-order valence-corrected chi connectivity index (χ0v) is 10.8. The maximum atomic E-state index is 9.19. The summed E-state index contributed by atoms with van der Waals surface area (Å²) in [4.78, 5) is 0. The van der Waals surface area contributed by atoms with Gasteiger partial charge in [-0.05, 0) is 18.3 Å². The second-order valence-electron chi connectivity index (χ2n) is 4.29. The molecule has 0 radical (unpaired) electrons. The zero-order valence-electron chi connectivity index (χ0n) is 10.8. The van der Waals surface area contributed by atoms with Crippen molar-refractivity contribution in [2.24, 2.45) is 5.41 Å². The summed E-state index contributed by atoms with van der Waals surface area (Å²) >= 11 is 0. The van der Waals surface area contributed by atoms with E-state index < -0.39 is 0 Å². The number of hydrogen-bond donors (Lipinski definition) is 1. The summed E-state index contributed by atoms with van der Waals surface area (Å²) in [7, 11) is 1.65. The first-order valence-electron chi connectivity index (χ1n) is 5.94. The highest BCUT2D eigenvalue weighted by Gasteiger charge is 2.20. The Kier molecular flexibility index (Phi) is 9.92. The molecule has 0 saturated carbocycles. The lowest BCUT2D eigenvalue weighted by Crippen LogP contribution is -2.22. The zero-order chi connectivity index (χ0) is 12.3. The molecule has 0 aliphatic rings. The predicted octanol–water partition coefficient (Wildman–Crippen LogP) is 1.46. The quantitative estimate of drug-likeness (QED) is 0.550. The van der Waals surface area contributed by atoms with Crippen LogP contribution in [0.25, 0.3) is 0 Å². The van der Waals surface area contributed by atoms with Crippen molar-refractivity contribution in [2.75, 3.05) is 46.8 Å². The van der Waals surface area contributed by atoms with Crippen LogP contribution >= 0.6 is 0 Å². The number of hydrogen-bond acceptors (Lipinski definition) is 4. The van der Waals surface area contributed by atoms with Crippen LogP contribution in [0.3, 0.4) is 0 Å². The molecule has 4 nitrogen and oxygen atoms in total. The second kappa shape index (κ2) is 10.0. The first-order chi connectivity index (χ1) is 7.68. The second-order valence-corrected chi connectivity index (χ2v) is 4.29. The molecule has 98 valence electrons. The molecule has 0 bridgehead atoms. The summed E-state index contributed by atoms with van der Waals surface area (Å²) in [6, 6.07) is 0. The normalized spacial score (nSPS) is 15.0. The maximum Gasteiger partial charge on any atom is 0.0701 e. The SMILES string of the molecule is CCC(C)(CO)CCOCCOCCOC. The van der Waals surface area contributed by atoms with E-state index in [4.69, 9.17) is 14.2 Å². The van der Waals surface area contributed by atoms with Crippen LogP contribution in [-0.2, 0) is 14.2 Å². The lowest BCUT2D eigenvalue weighted by atomic mass is 9.85. The van der Waals surface area contributed by atoms with Crippen molar-refractivity contribution in [3.8, 4) is 0 Å². The van der Waals surface area contributed by atoms with Crippen LogP contribution in [0.2, 0.25) is 0 Å². The van der Waals surface area contributed by atoms with Crippen LogP contribution in [-0.4, -0.2) is 51.9 Å². The van der Waals surface area contributed by atoms with Crippen LogP contribution in [0, 0.1) is 5.41 Å². The topological polar surface area (TPSA) is 47.9 Å². The standard InChI is InChI=1S/C12H26O4/c1-4-12(2,11-13)5-6-15-9-10-16-8-7-14-3/h13H,4-11H2,1-3H3. The smallest absolute Gasteiger partial charge is 0.0701 e. The molecule has 0 rings (SSSR count). The molecule has 0 amide bonds. The van der Waals surface area contributed by atoms with E-state index in [1.807, 2.05) is 0 Å². The van der Waals surface area contributed by atoms with Crippen LogP contribution < -0.4 is 0 Å². The predicted molar refractivity (Wildman–Crippen MR) is 63.6 cm³/mol. The Morgan fingerprint density at radius 3 is 2.06 bits per heavy atom. The molecule has 0 aliphatic carbocycles. The van der Waals surface area contributed by atoms with E-state index in [1.165, 1.54) is 0 Å². The van der Waals surface area contributed by atoms with Gasteiger partial charge in [-0.2, -0.15) is 0 Å². The third-order valence-corrected chi connectivity index (χ3v) is 2.89. The van der Waals surface area contributed by atoms with Gasteiger partial charge in [0, 0.05) is 20.3 Å². The van der Waals surface area contributed by atoms with E-state index in [0.29, 0.717) is 33.0 Å². The van der Waals surface area contributed by atoms with Gasteiger partial charge in [0.1, 0.15) is 0 Å². The molecule has 0 fully saturated rings. The number of ether oxygens (including phenoxy) is 3. The molecule has 4 heteroatoms. The van der Waals surface area contributed by atoms with Crippen molar-refractivity contribution in [1.82, 2.24) is 0 Å². The van der Waals surface area contributed by atoms with Gasteiger partial charge >= 0.3 is 0 Å². The molecule has 0 aromatic carbocycles. The van der Waals surface area contributed by atoms with Gasteiger partial charge in [-0.1, -0.05) is 13.8 Å². The van der Waals surface area contributed by atoms with Gasteiger partial charge in [0.2, 0.25) is 0 Å². The minimum atomic E-state index is -0.00307. The van der Waals surface area contributed by atoms with Crippen LogP contribution in [0.15, 0.2) is 0 Å². The molecule has 0 aromatic heterocycles. The van der Waals surface area contributed by atoms with Crippen molar-refractivity contribution in [1.29, 1.82) is 0 Å². The Bertz CT molecular complexity index is 146. The van der Waals surface area contributed by atoms with Gasteiger partial charge in [-0.3, -0.25) is 0 Å². The Labute approximate surface area is 98.9 Å². The summed E-state index contributed by atoms with van der Waals surface area (Å²) in [5, 5.41) is 9.19. The van der Waals surface area contributed by atoms with Crippen molar-refractivity contribution >= 4 is 0 Å². The summed E-state index contributed by atoms with van der Waals surface area (Å²) in [6.07, 6.45) is 1.86. The number of aliphatic hydroxyl groups is 1.